The van der Waals surface area contributed by atoms with E-state index in [1.54, 1.807) is 39.3 Å². The second-order valence-electron chi connectivity index (χ2n) is 6.86. The molecule has 0 amide bonds. The zero-order valence-corrected chi connectivity index (χ0v) is 16.1. The van der Waals surface area contributed by atoms with Gasteiger partial charge in [-0.2, -0.15) is 0 Å². The topological polar surface area (TPSA) is 75.0 Å². The summed E-state index contributed by atoms with van der Waals surface area (Å²) in [6.45, 7) is 3.62. The van der Waals surface area contributed by atoms with Gasteiger partial charge in [0.15, 0.2) is 5.78 Å². The third kappa shape index (κ3) is 2.81. The van der Waals surface area contributed by atoms with Crippen molar-refractivity contribution in [2.24, 2.45) is 0 Å². The van der Waals surface area contributed by atoms with Crippen molar-refractivity contribution in [3.05, 3.63) is 63.0 Å². The van der Waals surface area contributed by atoms with Crippen LogP contribution in [0, 0.1) is 13.8 Å². The molecule has 0 N–H and O–H groups in total. The number of rotatable bonds is 3. The molecule has 0 fully saturated rings. The average molecular weight is 380 g/mol. The molecule has 28 heavy (non-hydrogen) atoms. The van der Waals surface area contributed by atoms with E-state index in [1.807, 2.05) is 13.0 Å². The van der Waals surface area contributed by atoms with Crippen molar-refractivity contribution in [3.8, 4) is 17.2 Å². The fourth-order valence-electron chi connectivity index (χ4n) is 3.78. The predicted octanol–water partition coefficient (Wildman–Crippen LogP) is 4.13. The Labute approximate surface area is 161 Å². The number of carbonyl (C=O) groups is 1. The highest BCUT2D eigenvalue weighted by Gasteiger charge is 2.33. The number of ether oxygens (including phenoxy) is 3. The summed E-state index contributed by atoms with van der Waals surface area (Å²) >= 11 is 0. The van der Waals surface area contributed by atoms with E-state index < -0.39 is 11.7 Å². The minimum absolute atomic E-state index is 0.0267. The van der Waals surface area contributed by atoms with Crippen LogP contribution < -0.4 is 19.8 Å². The van der Waals surface area contributed by atoms with Crippen LogP contribution in [0.25, 0.3) is 11.0 Å². The zero-order chi connectivity index (χ0) is 20.0. The number of aryl methyl sites for hydroxylation is 2. The Balaban J connectivity index is 1.93. The lowest BCUT2D eigenvalue weighted by atomic mass is 9.90. The van der Waals surface area contributed by atoms with Crippen molar-refractivity contribution in [2.45, 2.75) is 26.4 Å². The van der Waals surface area contributed by atoms with Crippen LogP contribution in [0.4, 0.5) is 0 Å². The number of methoxy groups -OCH3 is 2. The smallest absolute Gasteiger partial charge is 0.336 e. The Bertz CT molecular complexity index is 1160. The van der Waals surface area contributed by atoms with Crippen LogP contribution in [-0.2, 0) is 0 Å². The molecule has 1 atom stereocenters. The van der Waals surface area contributed by atoms with Crippen molar-refractivity contribution in [1.29, 1.82) is 0 Å². The Kier molecular flexibility index (Phi) is 4.34. The van der Waals surface area contributed by atoms with E-state index in [1.165, 1.54) is 6.07 Å². The number of hydrogen-bond donors (Lipinski definition) is 0. The summed E-state index contributed by atoms with van der Waals surface area (Å²) < 4.78 is 22.5. The summed E-state index contributed by atoms with van der Waals surface area (Å²) in [5.41, 5.74) is 2.66. The quantitative estimate of drug-likeness (QED) is 0.636. The van der Waals surface area contributed by atoms with Crippen LogP contribution in [-0.4, -0.2) is 20.0 Å². The standard InChI is InChI=1S/C22H20O6/c1-11-7-18-21(12(2)8-19(24)27-18)22-20(11)15(23)10-17(28-22)14-9-13(25-3)5-6-16(14)26-4/h5-9,17H,10H2,1-4H3/t17-/m0/s1. The lowest BCUT2D eigenvalue weighted by molar-refractivity contribution is 0.0849. The Morgan fingerprint density at radius 3 is 2.50 bits per heavy atom. The van der Waals surface area contributed by atoms with Gasteiger partial charge >= 0.3 is 5.63 Å². The molecule has 0 saturated carbocycles. The molecular weight excluding hydrogens is 360 g/mol. The first-order valence-electron chi connectivity index (χ1n) is 8.92. The Morgan fingerprint density at radius 1 is 1.00 bits per heavy atom. The number of ketones is 1. The van der Waals surface area contributed by atoms with Crippen LogP contribution in [0.1, 0.15) is 39.6 Å². The first-order valence-corrected chi connectivity index (χ1v) is 8.92. The van der Waals surface area contributed by atoms with Gasteiger partial charge in [-0.05, 0) is 49.2 Å². The maximum atomic E-state index is 13.0. The SMILES string of the molecule is COc1ccc(OC)c([C@@H]2CC(=O)c3c(C)cc4oc(=O)cc(C)c4c3O2)c1. The van der Waals surface area contributed by atoms with Crippen LogP contribution in [0.3, 0.4) is 0 Å². The summed E-state index contributed by atoms with van der Waals surface area (Å²) in [5, 5.41) is 0.639. The summed E-state index contributed by atoms with van der Waals surface area (Å²) in [4.78, 5) is 24.8. The van der Waals surface area contributed by atoms with Crippen LogP contribution >= 0.6 is 0 Å². The van der Waals surface area contributed by atoms with Gasteiger partial charge in [0.2, 0.25) is 0 Å². The average Bonchev–Trinajstić information content (AvgIpc) is 2.66. The van der Waals surface area contributed by atoms with Gasteiger partial charge in [-0.3, -0.25) is 4.79 Å². The number of hydrogen-bond acceptors (Lipinski definition) is 6. The first kappa shape index (κ1) is 18.1. The van der Waals surface area contributed by atoms with Crippen LogP contribution in [0.15, 0.2) is 39.5 Å². The molecule has 0 radical (unpaired) electrons. The molecule has 4 rings (SSSR count). The second kappa shape index (κ2) is 6.71. The second-order valence-corrected chi connectivity index (χ2v) is 6.86. The van der Waals surface area contributed by atoms with Crippen molar-refractivity contribution < 1.29 is 23.4 Å². The van der Waals surface area contributed by atoms with Gasteiger partial charge in [0.05, 0.1) is 31.6 Å². The summed E-state index contributed by atoms with van der Waals surface area (Å²) in [5.74, 6) is 1.68. The molecule has 1 aliphatic heterocycles. The summed E-state index contributed by atoms with van der Waals surface area (Å²) in [6.07, 6.45) is -0.361. The monoisotopic (exact) mass is 380 g/mol. The molecule has 6 nitrogen and oxygen atoms in total. The fourth-order valence-corrected chi connectivity index (χ4v) is 3.78. The first-order chi connectivity index (χ1) is 13.4. The van der Waals surface area contributed by atoms with Crippen molar-refractivity contribution >= 4 is 16.8 Å². The maximum Gasteiger partial charge on any atom is 0.336 e. The highest BCUT2D eigenvalue weighted by Crippen LogP contribution is 2.44. The number of Topliss-reactive ketones (excluding diaryl/α,β-unsaturated/α-hetero) is 1. The molecule has 6 heteroatoms. The number of carbonyl (C=O) groups excluding carboxylic acids is 1. The van der Waals surface area contributed by atoms with E-state index in [-0.39, 0.29) is 12.2 Å². The minimum Gasteiger partial charge on any atom is -0.497 e. The molecule has 2 heterocycles. The summed E-state index contributed by atoms with van der Waals surface area (Å²) in [6, 6.07) is 8.51. The summed E-state index contributed by atoms with van der Waals surface area (Å²) in [7, 11) is 3.15. The lowest BCUT2D eigenvalue weighted by Gasteiger charge is -2.29. The van der Waals surface area contributed by atoms with E-state index in [0.717, 1.165) is 11.1 Å². The Morgan fingerprint density at radius 2 is 1.79 bits per heavy atom. The van der Waals surface area contributed by atoms with Crippen LogP contribution in [0.2, 0.25) is 0 Å². The van der Waals surface area contributed by atoms with E-state index in [9.17, 15) is 9.59 Å². The normalized spacial score (nSPS) is 15.9. The molecule has 1 aromatic heterocycles. The predicted molar refractivity (Wildman–Crippen MR) is 104 cm³/mol. The molecule has 3 aromatic rings. The highest BCUT2D eigenvalue weighted by atomic mass is 16.5. The molecule has 0 bridgehead atoms. The van der Waals surface area contributed by atoms with Crippen molar-refractivity contribution in [3.63, 3.8) is 0 Å². The largest absolute Gasteiger partial charge is 0.497 e. The van der Waals surface area contributed by atoms with Crippen molar-refractivity contribution in [2.75, 3.05) is 14.2 Å². The zero-order valence-electron chi connectivity index (χ0n) is 16.1. The number of benzene rings is 2. The van der Waals surface area contributed by atoms with Gasteiger partial charge in [-0.15, -0.1) is 0 Å². The van der Waals surface area contributed by atoms with E-state index in [0.29, 0.717) is 39.3 Å². The lowest BCUT2D eigenvalue weighted by Crippen LogP contribution is -2.22. The van der Waals surface area contributed by atoms with Gasteiger partial charge in [0.25, 0.3) is 0 Å². The van der Waals surface area contributed by atoms with E-state index >= 15 is 0 Å². The minimum atomic E-state index is -0.540. The molecule has 2 aromatic carbocycles. The van der Waals surface area contributed by atoms with E-state index in [2.05, 4.69) is 0 Å². The molecule has 0 saturated heterocycles. The molecule has 0 spiro atoms. The fraction of sp³-hybridized carbons (Fsp3) is 0.273. The third-order valence-corrected chi connectivity index (χ3v) is 5.08. The van der Waals surface area contributed by atoms with Gasteiger partial charge in [0.1, 0.15) is 28.9 Å². The molecule has 0 unspecified atom stereocenters. The van der Waals surface area contributed by atoms with Gasteiger partial charge in [-0.1, -0.05) is 0 Å². The van der Waals surface area contributed by atoms with Crippen LogP contribution in [0.5, 0.6) is 17.2 Å². The molecule has 1 aliphatic rings. The maximum absolute atomic E-state index is 13.0. The van der Waals surface area contributed by atoms with Gasteiger partial charge in [-0.25, -0.2) is 4.79 Å². The van der Waals surface area contributed by atoms with Crippen molar-refractivity contribution in [1.82, 2.24) is 0 Å². The van der Waals surface area contributed by atoms with E-state index in [4.69, 9.17) is 18.6 Å². The third-order valence-electron chi connectivity index (χ3n) is 5.08. The van der Waals surface area contributed by atoms with Gasteiger partial charge < -0.3 is 18.6 Å². The van der Waals surface area contributed by atoms with Gasteiger partial charge in [0, 0.05) is 11.6 Å². The number of fused-ring (bicyclic) bond motifs is 3. The molecule has 144 valence electrons. The molecular formula is C22H20O6. The molecule has 0 aliphatic carbocycles. The highest BCUT2D eigenvalue weighted by molar-refractivity contribution is 6.07. The Hall–Kier alpha value is -3.28.